The van der Waals surface area contributed by atoms with E-state index in [1.54, 1.807) is 0 Å². The van der Waals surface area contributed by atoms with Crippen LogP contribution in [-0.4, -0.2) is 25.0 Å². The van der Waals surface area contributed by atoms with Gasteiger partial charge in [0.25, 0.3) is 0 Å². The summed E-state index contributed by atoms with van der Waals surface area (Å²) in [5, 5.41) is 2.16. The summed E-state index contributed by atoms with van der Waals surface area (Å²) in [6.45, 7) is 1.50. The van der Waals surface area contributed by atoms with Crippen molar-refractivity contribution in [1.29, 1.82) is 0 Å². The third-order valence-electron chi connectivity index (χ3n) is 1.92. The molecule has 0 aromatic heterocycles. The van der Waals surface area contributed by atoms with Crippen LogP contribution in [-0.2, 0) is 0 Å². The average Bonchev–Trinajstić information content (AvgIpc) is 2.18. The van der Waals surface area contributed by atoms with Crippen molar-refractivity contribution in [3.63, 3.8) is 0 Å². The third-order valence-corrected chi connectivity index (χ3v) is 1.92. The Labute approximate surface area is 86.7 Å². The molecule has 0 fully saturated rings. The summed E-state index contributed by atoms with van der Waals surface area (Å²) in [5.41, 5.74) is -0.126. The lowest BCUT2D eigenvalue weighted by Gasteiger charge is -2.13. The van der Waals surface area contributed by atoms with E-state index in [0.29, 0.717) is 0 Å². The van der Waals surface area contributed by atoms with Crippen molar-refractivity contribution in [2.45, 2.75) is 6.92 Å². The molecule has 0 aliphatic carbocycles. The molecule has 1 aromatic carbocycles. The number of rotatable bonds is 1. The zero-order valence-electron chi connectivity index (χ0n) is 8.77. The van der Waals surface area contributed by atoms with Crippen molar-refractivity contribution in [3.05, 3.63) is 29.3 Å². The Morgan fingerprint density at radius 1 is 1.33 bits per heavy atom. The van der Waals surface area contributed by atoms with Gasteiger partial charge in [-0.25, -0.2) is 13.6 Å². The Balaban J connectivity index is 3.04. The van der Waals surface area contributed by atoms with Crippen molar-refractivity contribution in [2.75, 3.05) is 19.4 Å². The molecule has 3 nitrogen and oxygen atoms in total. The first kappa shape index (κ1) is 11.4. The van der Waals surface area contributed by atoms with Gasteiger partial charge in [0.2, 0.25) is 0 Å². The van der Waals surface area contributed by atoms with Crippen molar-refractivity contribution in [2.24, 2.45) is 0 Å². The molecule has 1 aromatic rings. The number of hydrogen-bond acceptors (Lipinski definition) is 1. The van der Waals surface area contributed by atoms with E-state index in [-0.39, 0.29) is 5.56 Å². The molecule has 0 aliphatic rings. The number of anilines is 1. The minimum atomic E-state index is -0.784. The zero-order chi connectivity index (χ0) is 11.6. The summed E-state index contributed by atoms with van der Waals surface area (Å²) in [6, 6.07) is 1.86. The molecule has 0 heterocycles. The lowest BCUT2D eigenvalue weighted by Crippen LogP contribution is -2.28. The van der Waals surface area contributed by atoms with Crippen LogP contribution < -0.4 is 5.32 Å². The molecule has 0 radical (unpaired) electrons. The number of amides is 2. The van der Waals surface area contributed by atoms with Gasteiger partial charge in [0.1, 0.15) is 11.5 Å². The number of carbonyl (C=O) groups is 1. The number of carbonyl (C=O) groups excluding carboxylic acids is 1. The molecule has 82 valence electrons. The van der Waals surface area contributed by atoms with Crippen LogP contribution in [0.2, 0.25) is 0 Å². The second kappa shape index (κ2) is 4.25. The Bertz CT molecular complexity index is 391. The van der Waals surface area contributed by atoms with Gasteiger partial charge in [0.05, 0.1) is 0 Å². The topological polar surface area (TPSA) is 32.3 Å². The quantitative estimate of drug-likeness (QED) is 0.764. The van der Waals surface area contributed by atoms with Crippen molar-refractivity contribution < 1.29 is 13.6 Å². The van der Waals surface area contributed by atoms with Gasteiger partial charge >= 0.3 is 6.03 Å². The largest absolute Gasteiger partial charge is 0.331 e. The van der Waals surface area contributed by atoms with E-state index in [0.717, 1.165) is 6.07 Å². The fourth-order valence-electron chi connectivity index (χ4n) is 0.990. The maximum absolute atomic E-state index is 13.4. The number of aryl methyl sites for hydroxylation is 1. The van der Waals surface area contributed by atoms with E-state index in [4.69, 9.17) is 0 Å². The first-order valence-corrected chi connectivity index (χ1v) is 4.36. The van der Waals surface area contributed by atoms with Crippen LogP contribution in [0.25, 0.3) is 0 Å². The van der Waals surface area contributed by atoms with Gasteiger partial charge in [-0.05, 0) is 18.6 Å². The predicted molar refractivity (Wildman–Crippen MR) is 53.8 cm³/mol. The Hall–Kier alpha value is -1.65. The SMILES string of the molecule is Cc1ccc(F)c(NC(=O)N(C)C)c1F. The molecule has 0 unspecified atom stereocenters. The smallest absolute Gasteiger partial charge is 0.321 e. The highest BCUT2D eigenvalue weighted by atomic mass is 19.1. The number of urea groups is 1. The number of hydrogen-bond donors (Lipinski definition) is 1. The standard InChI is InChI=1S/C10H12F2N2O/c1-6-4-5-7(11)9(8(6)12)13-10(15)14(2)3/h4-5H,1-3H3,(H,13,15). The van der Waals surface area contributed by atoms with Gasteiger partial charge in [-0.3, -0.25) is 0 Å². The molecule has 1 N–H and O–H groups in total. The van der Waals surface area contributed by atoms with Crippen LogP contribution in [0.1, 0.15) is 5.56 Å². The summed E-state index contributed by atoms with van der Waals surface area (Å²) in [7, 11) is 2.97. The highest BCUT2D eigenvalue weighted by Gasteiger charge is 2.14. The van der Waals surface area contributed by atoms with Crippen LogP contribution in [0.15, 0.2) is 12.1 Å². The van der Waals surface area contributed by atoms with Gasteiger partial charge in [-0.1, -0.05) is 6.07 Å². The summed E-state index contributed by atoms with van der Waals surface area (Å²) in [4.78, 5) is 12.4. The van der Waals surface area contributed by atoms with Gasteiger partial charge < -0.3 is 10.2 Å². The summed E-state index contributed by atoms with van der Waals surface area (Å²) in [5.74, 6) is -1.53. The van der Waals surface area contributed by atoms with Gasteiger partial charge in [0.15, 0.2) is 5.82 Å². The lowest BCUT2D eigenvalue weighted by molar-refractivity contribution is 0.230. The Morgan fingerprint density at radius 2 is 1.93 bits per heavy atom. The Morgan fingerprint density at radius 3 is 2.47 bits per heavy atom. The van der Waals surface area contributed by atoms with Crippen molar-refractivity contribution in [3.8, 4) is 0 Å². The van der Waals surface area contributed by atoms with E-state index in [2.05, 4.69) is 5.32 Å². The molecule has 0 bridgehead atoms. The van der Waals surface area contributed by atoms with Crippen LogP contribution >= 0.6 is 0 Å². The minimum Gasteiger partial charge on any atom is -0.331 e. The van der Waals surface area contributed by atoms with Crippen LogP contribution in [0.4, 0.5) is 19.3 Å². The molecule has 2 amide bonds. The number of benzene rings is 1. The highest BCUT2D eigenvalue weighted by molar-refractivity contribution is 5.89. The summed E-state index contributed by atoms with van der Waals surface area (Å²) < 4.78 is 26.6. The maximum atomic E-state index is 13.4. The van der Waals surface area contributed by atoms with Crippen molar-refractivity contribution in [1.82, 2.24) is 4.90 Å². The molecule has 5 heteroatoms. The second-order valence-corrected chi connectivity index (χ2v) is 3.38. The van der Waals surface area contributed by atoms with Crippen molar-refractivity contribution >= 4 is 11.7 Å². The van der Waals surface area contributed by atoms with E-state index in [1.807, 2.05) is 0 Å². The van der Waals surface area contributed by atoms with Gasteiger partial charge in [-0.2, -0.15) is 0 Å². The first-order chi connectivity index (χ1) is 6.93. The minimum absolute atomic E-state index is 0.283. The fraction of sp³-hybridized carbons (Fsp3) is 0.300. The van der Waals surface area contributed by atoms with E-state index >= 15 is 0 Å². The molecule has 0 aliphatic heterocycles. The lowest BCUT2D eigenvalue weighted by atomic mass is 10.2. The average molecular weight is 214 g/mol. The van der Waals surface area contributed by atoms with E-state index in [9.17, 15) is 13.6 Å². The fourth-order valence-corrected chi connectivity index (χ4v) is 0.990. The van der Waals surface area contributed by atoms with E-state index < -0.39 is 23.4 Å². The maximum Gasteiger partial charge on any atom is 0.321 e. The highest BCUT2D eigenvalue weighted by Crippen LogP contribution is 2.21. The molecular formula is C10H12F2N2O. The third kappa shape index (κ3) is 2.43. The molecular weight excluding hydrogens is 202 g/mol. The monoisotopic (exact) mass is 214 g/mol. The van der Waals surface area contributed by atoms with Gasteiger partial charge in [0, 0.05) is 14.1 Å². The number of nitrogens with zero attached hydrogens (tertiary/aromatic N) is 1. The molecule has 0 spiro atoms. The molecule has 0 saturated carbocycles. The van der Waals surface area contributed by atoms with Crippen LogP contribution in [0.3, 0.4) is 0 Å². The molecule has 0 saturated heterocycles. The normalized spacial score (nSPS) is 9.93. The number of nitrogens with one attached hydrogen (secondary N) is 1. The predicted octanol–water partition coefficient (Wildman–Crippen LogP) is 2.37. The summed E-state index contributed by atoms with van der Waals surface area (Å²) in [6.07, 6.45) is 0. The van der Waals surface area contributed by atoms with Crippen LogP contribution in [0.5, 0.6) is 0 Å². The van der Waals surface area contributed by atoms with Gasteiger partial charge in [-0.15, -0.1) is 0 Å². The zero-order valence-corrected chi connectivity index (χ0v) is 8.77. The molecule has 0 atom stereocenters. The van der Waals surface area contributed by atoms with E-state index in [1.165, 1.54) is 32.0 Å². The van der Waals surface area contributed by atoms with Crippen LogP contribution in [0, 0.1) is 18.6 Å². The summed E-state index contributed by atoms with van der Waals surface area (Å²) >= 11 is 0. The molecule has 15 heavy (non-hydrogen) atoms. The molecule has 1 rings (SSSR count). The second-order valence-electron chi connectivity index (χ2n) is 3.38. The first-order valence-electron chi connectivity index (χ1n) is 4.36. The Kier molecular flexibility index (Phi) is 3.24. The number of halogens is 2.